The van der Waals surface area contributed by atoms with Crippen molar-refractivity contribution in [3.63, 3.8) is 0 Å². The Morgan fingerprint density at radius 3 is 2.42 bits per heavy atom. The van der Waals surface area contributed by atoms with Gasteiger partial charge in [-0.2, -0.15) is 0 Å². The molecule has 0 amide bonds. The lowest BCUT2D eigenvalue weighted by molar-refractivity contribution is -0.134. The highest BCUT2D eigenvalue weighted by Crippen LogP contribution is 2.35. The summed E-state index contributed by atoms with van der Waals surface area (Å²) >= 11 is 0. The third kappa shape index (κ3) is 4.23. The third-order valence-corrected chi connectivity index (χ3v) is 4.53. The van der Waals surface area contributed by atoms with E-state index in [4.69, 9.17) is 14.2 Å². The molecule has 1 saturated carbocycles. The Hall–Kier alpha value is -2.82. The minimum atomic E-state index is -0.411. The maximum Gasteiger partial charge on any atom is 0.331 e. The first-order valence-corrected chi connectivity index (χ1v) is 8.76. The first-order valence-electron chi connectivity index (χ1n) is 8.76. The normalized spacial score (nSPS) is 14.9. The van der Waals surface area contributed by atoms with Gasteiger partial charge in [0.1, 0.15) is 0 Å². The van der Waals surface area contributed by atoms with E-state index < -0.39 is 5.97 Å². The molecule has 0 aliphatic heterocycles. The smallest absolute Gasteiger partial charge is 0.331 e. The lowest BCUT2D eigenvalue weighted by Crippen LogP contribution is -2.11. The number of aromatic nitrogens is 1. The van der Waals surface area contributed by atoms with E-state index in [1.807, 2.05) is 30.3 Å². The number of carbonyl (C=O) groups is 1. The van der Waals surface area contributed by atoms with Crippen LogP contribution in [0.3, 0.4) is 0 Å². The molecular formula is C21H23NO4. The van der Waals surface area contributed by atoms with Gasteiger partial charge in [0.25, 0.3) is 0 Å². The molecule has 0 unspecified atom stereocenters. The van der Waals surface area contributed by atoms with Gasteiger partial charge in [-0.25, -0.2) is 4.79 Å². The van der Waals surface area contributed by atoms with Gasteiger partial charge in [0.2, 0.25) is 0 Å². The maximum absolute atomic E-state index is 11.9. The molecule has 0 atom stereocenters. The van der Waals surface area contributed by atoms with Gasteiger partial charge in [-0.1, -0.05) is 6.07 Å². The van der Waals surface area contributed by atoms with Gasteiger partial charge in [0.15, 0.2) is 11.5 Å². The topological polar surface area (TPSA) is 57.7 Å². The second-order valence-electron chi connectivity index (χ2n) is 6.21. The molecule has 2 aromatic rings. The molecule has 0 radical (unpaired) electrons. The highest BCUT2D eigenvalue weighted by molar-refractivity contribution is 5.96. The Bertz CT molecular complexity index is 780. The van der Waals surface area contributed by atoms with E-state index in [9.17, 15) is 4.79 Å². The van der Waals surface area contributed by atoms with Crippen LogP contribution in [0.1, 0.15) is 36.8 Å². The molecule has 3 rings (SSSR count). The van der Waals surface area contributed by atoms with E-state index in [0.717, 1.165) is 29.5 Å². The number of esters is 1. The van der Waals surface area contributed by atoms with Crippen LogP contribution in [0.2, 0.25) is 0 Å². The van der Waals surface area contributed by atoms with Crippen molar-refractivity contribution in [1.29, 1.82) is 0 Å². The summed E-state index contributed by atoms with van der Waals surface area (Å²) in [6.45, 7) is 0. The molecule has 1 aliphatic rings. The molecule has 5 heteroatoms. The SMILES string of the molecule is COC(=O)C=C(c1ccncc1)c1ccc(OC)c(OC2CCCC2)c1. The minimum Gasteiger partial charge on any atom is -0.493 e. The molecule has 0 saturated heterocycles. The van der Waals surface area contributed by atoms with Gasteiger partial charge in [0.05, 0.1) is 20.3 Å². The third-order valence-electron chi connectivity index (χ3n) is 4.53. The minimum absolute atomic E-state index is 0.216. The van der Waals surface area contributed by atoms with Crippen LogP contribution in [-0.4, -0.2) is 31.3 Å². The van der Waals surface area contributed by atoms with Gasteiger partial charge < -0.3 is 14.2 Å². The zero-order valence-electron chi connectivity index (χ0n) is 15.1. The summed E-state index contributed by atoms with van der Waals surface area (Å²) < 4.78 is 16.4. The average molecular weight is 353 g/mol. The van der Waals surface area contributed by atoms with Crippen molar-refractivity contribution in [3.05, 3.63) is 59.9 Å². The lowest BCUT2D eigenvalue weighted by atomic mass is 9.98. The average Bonchev–Trinajstić information content (AvgIpc) is 3.19. The largest absolute Gasteiger partial charge is 0.493 e. The van der Waals surface area contributed by atoms with Gasteiger partial charge in [-0.05, 0) is 66.6 Å². The second kappa shape index (κ2) is 8.52. The van der Waals surface area contributed by atoms with Gasteiger partial charge in [-0.3, -0.25) is 4.98 Å². The zero-order chi connectivity index (χ0) is 18.4. The van der Waals surface area contributed by atoms with Crippen molar-refractivity contribution < 1.29 is 19.0 Å². The van der Waals surface area contributed by atoms with Crippen LogP contribution in [0.25, 0.3) is 5.57 Å². The van der Waals surface area contributed by atoms with Crippen LogP contribution in [0, 0.1) is 0 Å². The van der Waals surface area contributed by atoms with Crippen molar-refractivity contribution in [1.82, 2.24) is 4.98 Å². The first-order chi connectivity index (χ1) is 12.7. The van der Waals surface area contributed by atoms with Crippen molar-refractivity contribution >= 4 is 11.5 Å². The molecular weight excluding hydrogens is 330 g/mol. The molecule has 1 fully saturated rings. The van der Waals surface area contributed by atoms with Crippen molar-refractivity contribution in [2.75, 3.05) is 14.2 Å². The van der Waals surface area contributed by atoms with E-state index >= 15 is 0 Å². The summed E-state index contributed by atoms with van der Waals surface area (Å²) in [5, 5.41) is 0. The van der Waals surface area contributed by atoms with Crippen molar-refractivity contribution in [3.8, 4) is 11.5 Å². The summed E-state index contributed by atoms with van der Waals surface area (Å²) in [5.74, 6) is 0.973. The van der Waals surface area contributed by atoms with E-state index in [2.05, 4.69) is 4.98 Å². The number of ether oxygens (including phenoxy) is 3. The van der Waals surface area contributed by atoms with Gasteiger partial charge in [-0.15, -0.1) is 0 Å². The summed E-state index contributed by atoms with van der Waals surface area (Å²) in [7, 11) is 3.00. The molecule has 0 bridgehead atoms. The Morgan fingerprint density at radius 2 is 1.77 bits per heavy atom. The Balaban J connectivity index is 2.00. The fourth-order valence-corrected chi connectivity index (χ4v) is 3.16. The van der Waals surface area contributed by atoms with Crippen molar-refractivity contribution in [2.24, 2.45) is 0 Å². The zero-order valence-corrected chi connectivity index (χ0v) is 15.1. The van der Waals surface area contributed by atoms with Crippen LogP contribution in [-0.2, 0) is 9.53 Å². The van der Waals surface area contributed by atoms with Gasteiger partial charge in [0, 0.05) is 18.5 Å². The van der Waals surface area contributed by atoms with Gasteiger partial charge >= 0.3 is 5.97 Å². The highest BCUT2D eigenvalue weighted by Gasteiger charge is 2.19. The molecule has 1 aromatic heterocycles. The maximum atomic E-state index is 11.9. The molecule has 26 heavy (non-hydrogen) atoms. The molecule has 1 heterocycles. The summed E-state index contributed by atoms with van der Waals surface area (Å²) in [4.78, 5) is 15.9. The molecule has 1 aliphatic carbocycles. The lowest BCUT2D eigenvalue weighted by Gasteiger charge is -2.18. The summed E-state index contributed by atoms with van der Waals surface area (Å²) in [6, 6.07) is 9.42. The molecule has 1 aromatic carbocycles. The number of carbonyl (C=O) groups excluding carboxylic acids is 1. The number of rotatable bonds is 6. The Kier molecular flexibility index (Phi) is 5.89. The van der Waals surface area contributed by atoms with E-state index in [-0.39, 0.29) is 6.10 Å². The Morgan fingerprint density at radius 1 is 1.04 bits per heavy atom. The van der Waals surface area contributed by atoms with E-state index in [1.54, 1.807) is 19.5 Å². The number of hydrogen-bond donors (Lipinski definition) is 0. The van der Waals surface area contributed by atoms with Crippen molar-refractivity contribution in [2.45, 2.75) is 31.8 Å². The number of hydrogen-bond acceptors (Lipinski definition) is 5. The Labute approximate surface area is 153 Å². The summed E-state index contributed by atoms with van der Waals surface area (Å²) in [6.07, 6.45) is 9.59. The number of benzene rings is 1. The van der Waals surface area contributed by atoms with Crippen LogP contribution in [0.5, 0.6) is 11.5 Å². The second-order valence-corrected chi connectivity index (χ2v) is 6.21. The van der Waals surface area contributed by atoms with Crippen LogP contribution < -0.4 is 9.47 Å². The molecule has 5 nitrogen and oxygen atoms in total. The van der Waals surface area contributed by atoms with Crippen LogP contribution in [0.15, 0.2) is 48.8 Å². The number of nitrogens with zero attached hydrogens (tertiary/aromatic N) is 1. The molecule has 0 spiro atoms. The molecule has 136 valence electrons. The van der Waals surface area contributed by atoms with Crippen LogP contribution >= 0.6 is 0 Å². The fraction of sp³-hybridized carbons (Fsp3) is 0.333. The number of methoxy groups -OCH3 is 2. The predicted octanol–water partition coefficient (Wildman–Crippen LogP) is 4.02. The molecule has 0 N–H and O–H groups in total. The first kappa shape index (κ1) is 18.0. The predicted molar refractivity (Wildman–Crippen MR) is 99.2 cm³/mol. The van der Waals surface area contributed by atoms with E-state index in [0.29, 0.717) is 11.5 Å². The standard InChI is InChI=1S/C21H23NO4/c1-24-19-8-7-16(13-20(19)26-17-5-3-4-6-17)18(14-21(23)25-2)15-9-11-22-12-10-15/h7-14,17H,3-6H2,1-2H3. The fourth-order valence-electron chi connectivity index (χ4n) is 3.16. The van der Waals surface area contributed by atoms with Crippen LogP contribution in [0.4, 0.5) is 0 Å². The number of pyridine rings is 1. The quantitative estimate of drug-likeness (QED) is 0.580. The monoisotopic (exact) mass is 353 g/mol. The summed E-state index contributed by atoms with van der Waals surface area (Å²) in [5.41, 5.74) is 2.48. The van der Waals surface area contributed by atoms with E-state index in [1.165, 1.54) is 26.0 Å². The highest BCUT2D eigenvalue weighted by atomic mass is 16.5.